The number of hydrogen-bond acceptors (Lipinski definition) is 3. The molecule has 1 amide bonds. The van der Waals surface area contributed by atoms with Crippen LogP contribution in [0.15, 0.2) is 24.3 Å². The van der Waals surface area contributed by atoms with Crippen LogP contribution in [0.25, 0.3) is 0 Å². The molecule has 0 aromatic heterocycles. The third-order valence-electron chi connectivity index (χ3n) is 3.42. The van der Waals surface area contributed by atoms with Crippen LogP contribution in [0.4, 0.5) is 13.2 Å². The lowest BCUT2D eigenvalue weighted by molar-refractivity contribution is -0.142. The van der Waals surface area contributed by atoms with E-state index < -0.39 is 23.7 Å². The second-order valence-electron chi connectivity index (χ2n) is 4.83. The highest BCUT2D eigenvalue weighted by molar-refractivity contribution is 5.79. The Bertz CT molecular complexity index is 504. The first kappa shape index (κ1) is 15.8. The fraction of sp³-hybridized carbons (Fsp3) is 0.500. The van der Waals surface area contributed by atoms with Gasteiger partial charge in [0.05, 0.1) is 37.8 Å². The molecule has 1 aliphatic heterocycles. The van der Waals surface area contributed by atoms with Crippen LogP contribution in [0.1, 0.15) is 11.1 Å². The maximum Gasteiger partial charge on any atom is 0.416 e. The van der Waals surface area contributed by atoms with Gasteiger partial charge in [-0.25, -0.2) is 0 Å². The molecule has 1 N–H and O–H groups in total. The van der Waals surface area contributed by atoms with E-state index >= 15 is 0 Å². The number of carbonyl (C=O) groups is 1. The maximum atomic E-state index is 12.9. The molecule has 0 bridgehead atoms. The average Bonchev–Trinajstić information content (AvgIpc) is 2.46. The van der Waals surface area contributed by atoms with E-state index in [1.54, 1.807) is 0 Å². The third kappa shape index (κ3) is 3.74. The zero-order chi connectivity index (χ0) is 15.5. The highest BCUT2D eigenvalue weighted by atomic mass is 19.4. The van der Waals surface area contributed by atoms with Crippen molar-refractivity contribution in [3.05, 3.63) is 35.4 Å². The predicted molar refractivity (Wildman–Crippen MR) is 68.6 cm³/mol. The van der Waals surface area contributed by atoms with Crippen molar-refractivity contribution in [3.63, 3.8) is 0 Å². The number of alkyl halides is 3. The van der Waals surface area contributed by atoms with E-state index in [0.717, 1.165) is 6.07 Å². The maximum absolute atomic E-state index is 12.9. The van der Waals surface area contributed by atoms with E-state index in [2.05, 4.69) is 0 Å². The van der Waals surface area contributed by atoms with Gasteiger partial charge in [0, 0.05) is 6.54 Å². The summed E-state index contributed by atoms with van der Waals surface area (Å²) in [7, 11) is 0. The minimum Gasteiger partial charge on any atom is -0.394 e. The minimum atomic E-state index is -4.49. The van der Waals surface area contributed by atoms with Gasteiger partial charge in [0.2, 0.25) is 5.91 Å². The fourth-order valence-electron chi connectivity index (χ4n) is 2.35. The highest BCUT2D eigenvalue weighted by Crippen LogP contribution is 2.32. The van der Waals surface area contributed by atoms with Crippen LogP contribution < -0.4 is 0 Å². The zero-order valence-corrected chi connectivity index (χ0v) is 11.3. The molecule has 116 valence electrons. The Hall–Kier alpha value is -1.60. The zero-order valence-electron chi connectivity index (χ0n) is 11.3. The number of amides is 1. The lowest BCUT2D eigenvalue weighted by Gasteiger charge is -2.34. The molecule has 0 saturated carbocycles. The summed E-state index contributed by atoms with van der Waals surface area (Å²) in [5, 5.41) is 9.21. The number of hydrogen-bond donors (Lipinski definition) is 1. The van der Waals surface area contributed by atoms with Gasteiger partial charge in [-0.1, -0.05) is 18.2 Å². The first-order chi connectivity index (χ1) is 9.93. The van der Waals surface area contributed by atoms with Crippen molar-refractivity contribution in [3.8, 4) is 0 Å². The molecule has 1 heterocycles. The van der Waals surface area contributed by atoms with Crippen LogP contribution in [0.2, 0.25) is 0 Å². The van der Waals surface area contributed by atoms with Gasteiger partial charge in [-0.05, 0) is 11.6 Å². The Labute approximate surface area is 120 Å². The van der Waals surface area contributed by atoms with E-state index in [4.69, 9.17) is 4.74 Å². The van der Waals surface area contributed by atoms with Crippen molar-refractivity contribution >= 4 is 5.91 Å². The molecule has 0 aliphatic carbocycles. The lowest BCUT2D eigenvalue weighted by Crippen LogP contribution is -2.51. The molecule has 1 aromatic carbocycles. The molecule has 7 heteroatoms. The Morgan fingerprint density at radius 3 is 2.76 bits per heavy atom. The topological polar surface area (TPSA) is 49.8 Å². The largest absolute Gasteiger partial charge is 0.416 e. The molecule has 0 unspecified atom stereocenters. The number of ether oxygens (including phenoxy) is 1. The molecule has 4 nitrogen and oxygen atoms in total. The van der Waals surface area contributed by atoms with Gasteiger partial charge >= 0.3 is 6.18 Å². The van der Waals surface area contributed by atoms with E-state index in [1.165, 1.54) is 23.1 Å². The van der Waals surface area contributed by atoms with Gasteiger partial charge in [0.25, 0.3) is 0 Å². The summed E-state index contributed by atoms with van der Waals surface area (Å²) in [5.74, 6) is -0.436. The monoisotopic (exact) mass is 303 g/mol. The summed E-state index contributed by atoms with van der Waals surface area (Å²) in [4.78, 5) is 13.6. The Balaban J connectivity index is 2.16. The molecule has 21 heavy (non-hydrogen) atoms. The van der Waals surface area contributed by atoms with Crippen LogP contribution >= 0.6 is 0 Å². The van der Waals surface area contributed by atoms with Gasteiger partial charge in [-0.3, -0.25) is 4.79 Å². The van der Waals surface area contributed by atoms with E-state index in [-0.39, 0.29) is 31.7 Å². The summed E-state index contributed by atoms with van der Waals surface area (Å²) in [6, 6.07) is 4.54. The molecular weight excluding hydrogens is 287 g/mol. The fourth-order valence-corrected chi connectivity index (χ4v) is 2.35. The third-order valence-corrected chi connectivity index (χ3v) is 3.42. The summed E-state index contributed by atoms with van der Waals surface area (Å²) in [6.07, 6.45) is -4.83. The van der Waals surface area contributed by atoms with Crippen LogP contribution in [0.5, 0.6) is 0 Å². The summed E-state index contributed by atoms with van der Waals surface area (Å²) in [5.41, 5.74) is -0.856. The van der Waals surface area contributed by atoms with Gasteiger partial charge in [-0.2, -0.15) is 13.2 Å². The molecule has 1 aliphatic rings. The second-order valence-corrected chi connectivity index (χ2v) is 4.83. The predicted octanol–water partition coefficient (Wildman–Crippen LogP) is 1.47. The standard InChI is InChI=1S/C14H16F3NO3/c15-14(16,17)12-4-2-1-3-10(12)7-13(20)18-5-6-21-9-11(18)8-19/h1-4,11,19H,5-9H2/t11-/m1/s1. The quantitative estimate of drug-likeness (QED) is 0.920. The molecule has 0 spiro atoms. The molecule has 1 aromatic rings. The SMILES string of the molecule is O=C(Cc1ccccc1C(F)(F)F)N1CCOC[C@H]1CO. The smallest absolute Gasteiger partial charge is 0.394 e. The lowest BCUT2D eigenvalue weighted by atomic mass is 10.0. The van der Waals surface area contributed by atoms with Gasteiger partial charge in [-0.15, -0.1) is 0 Å². The number of benzene rings is 1. The highest BCUT2D eigenvalue weighted by Gasteiger charge is 2.34. The number of morpholine rings is 1. The number of carbonyl (C=O) groups excluding carboxylic acids is 1. The summed E-state index contributed by atoms with van der Waals surface area (Å²) >= 11 is 0. The first-order valence-corrected chi connectivity index (χ1v) is 6.56. The molecule has 1 fully saturated rings. The number of aliphatic hydroxyl groups is 1. The number of halogens is 3. The normalized spacial score (nSPS) is 19.6. The summed E-state index contributed by atoms with van der Waals surface area (Å²) < 4.78 is 43.8. The number of rotatable bonds is 3. The van der Waals surface area contributed by atoms with Crippen LogP contribution in [0.3, 0.4) is 0 Å². The van der Waals surface area contributed by atoms with Crippen molar-refractivity contribution in [1.82, 2.24) is 4.90 Å². The minimum absolute atomic E-state index is 0.0572. The van der Waals surface area contributed by atoms with Crippen LogP contribution in [-0.4, -0.2) is 48.3 Å². The van der Waals surface area contributed by atoms with Crippen molar-refractivity contribution in [1.29, 1.82) is 0 Å². The molecule has 2 rings (SSSR count). The average molecular weight is 303 g/mol. The van der Waals surface area contributed by atoms with Crippen LogP contribution in [-0.2, 0) is 22.1 Å². The molecule has 1 saturated heterocycles. The molecular formula is C14H16F3NO3. The molecule has 1 atom stereocenters. The number of aliphatic hydroxyl groups excluding tert-OH is 1. The van der Waals surface area contributed by atoms with Gasteiger partial charge in [0.1, 0.15) is 0 Å². The first-order valence-electron chi connectivity index (χ1n) is 6.56. The van der Waals surface area contributed by atoms with Crippen molar-refractivity contribution in [2.75, 3.05) is 26.4 Å². The van der Waals surface area contributed by atoms with Crippen molar-refractivity contribution < 1.29 is 27.8 Å². The van der Waals surface area contributed by atoms with Crippen LogP contribution in [0, 0.1) is 0 Å². The number of nitrogens with zero attached hydrogens (tertiary/aromatic N) is 1. The van der Waals surface area contributed by atoms with E-state index in [1.807, 2.05) is 0 Å². The summed E-state index contributed by atoms with van der Waals surface area (Å²) in [6.45, 7) is 0.525. The Morgan fingerprint density at radius 1 is 1.38 bits per heavy atom. The second kappa shape index (κ2) is 6.44. The van der Waals surface area contributed by atoms with E-state index in [0.29, 0.717) is 6.61 Å². The Kier molecular flexibility index (Phi) is 4.84. The van der Waals surface area contributed by atoms with Crippen molar-refractivity contribution in [2.45, 2.75) is 18.6 Å². The Morgan fingerprint density at radius 2 is 2.10 bits per heavy atom. The molecule has 0 radical (unpaired) electrons. The van der Waals surface area contributed by atoms with E-state index in [9.17, 15) is 23.1 Å². The van der Waals surface area contributed by atoms with Gasteiger partial charge < -0.3 is 14.7 Å². The van der Waals surface area contributed by atoms with Gasteiger partial charge in [0.15, 0.2) is 0 Å². The van der Waals surface area contributed by atoms with Crippen molar-refractivity contribution in [2.24, 2.45) is 0 Å².